The quantitative estimate of drug-likeness (QED) is 0.803. The van der Waals surface area contributed by atoms with E-state index in [1.807, 2.05) is 6.92 Å². The first-order chi connectivity index (χ1) is 9.08. The van der Waals surface area contributed by atoms with Crippen LogP contribution in [0.2, 0.25) is 0 Å². The minimum absolute atomic E-state index is 0.198. The third-order valence-corrected chi connectivity index (χ3v) is 3.50. The van der Waals surface area contributed by atoms with E-state index in [1.165, 1.54) is 6.33 Å². The highest BCUT2D eigenvalue weighted by Crippen LogP contribution is 2.36. The Labute approximate surface area is 110 Å². The van der Waals surface area contributed by atoms with Crippen molar-refractivity contribution in [2.24, 2.45) is 17.8 Å². The lowest BCUT2D eigenvalue weighted by Gasteiger charge is -2.14. The predicted molar refractivity (Wildman–Crippen MR) is 64.0 cm³/mol. The van der Waals surface area contributed by atoms with Crippen LogP contribution < -0.4 is 5.32 Å². The molecule has 1 heterocycles. The zero-order chi connectivity index (χ0) is 13.8. The zero-order valence-corrected chi connectivity index (χ0v) is 10.7. The van der Waals surface area contributed by atoms with Gasteiger partial charge < -0.3 is 14.9 Å². The van der Waals surface area contributed by atoms with Crippen LogP contribution in [0, 0.1) is 17.8 Å². The smallest absolute Gasteiger partial charge is 0.307 e. The van der Waals surface area contributed by atoms with Crippen molar-refractivity contribution in [3.8, 4) is 0 Å². The molecule has 1 aromatic heterocycles. The molecule has 3 unspecified atom stereocenters. The molecule has 19 heavy (non-hydrogen) atoms. The first-order valence-electron chi connectivity index (χ1n) is 6.34. The highest BCUT2D eigenvalue weighted by Gasteiger charge is 2.40. The molecular formula is C12H17N3O4. The van der Waals surface area contributed by atoms with Gasteiger partial charge >= 0.3 is 5.97 Å². The van der Waals surface area contributed by atoms with Gasteiger partial charge in [0, 0.05) is 13.0 Å². The summed E-state index contributed by atoms with van der Waals surface area (Å²) in [6.45, 7) is 2.35. The molecule has 2 rings (SSSR count). The number of carboxylic acid groups (broad SMARTS) is 1. The molecule has 104 valence electrons. The third-order valence-electron chi connectivity index (χ3n) is 3.50. The molecule has 0 radical (unpaired) electrons. The number of amides is 1. The first kappa shape index (κ1) is 13.5. The number of rotatable bonds is 5. The summed E-state index contributed by atoms with van der Waals surface area (Å²) in [6.07, 6.45) is 2.95. The Bertz CT molecular complexity index is 446. The Kier molecular flexibility index (Phi) is 4.13. The van der Waals surface area contributed by atoms with Gasteiger partial charge in [-0.15, -0.1) is 0 Å². The molecule has 7 nitrogen and oxygen atoms in total. The average molecular weight is 267 g/mol. The van der Waals surface area contributed by atoms with Crippen molar-refractivity contribution in [1.29, 1.82) is 0 Å². The number of carbonyl (C=O) groups excluding carboxylic acids is 1. The number of carbonyl (C=O) groups is 2. The number of carboxylic acids is 1. The number of nitrogens with zero attached hydrogens (tertiary/aromatic N) is 2. The highest BCUT2D eigenvalue weighted by atomic mass is 16.5. The van der Waals surface area contributed by atoms with Crippen LogP contribution in [0.3, 0.4) is 0 Å². The summed E-state index contributed by atoms with van der Waals surface area (Å²) in [5.74, 6) is -1.37. The van der Waals surface area contributed by atoms with E-state index in [2.05, 4.69) is 15.5 Å². The van der Waals surface area contributed by atoms with E-state index >= 15 is 0 Å². The van der Waals surface area contributed by atoms with Gasteiger partial charge in [0.1, 0.15) is 0 Å². The van der Waals surface area contributed by atoms with Crippen LogP contribution in [0.4, 0.5) is 0 Å². The molecule has 1 fully saturated rings. The van der Waals surface area contributed by atoms with Gasteiger partial charge in [-0.1, -0.05) is 12.1 Å². The van der Waals surface area contributed by atoms with Crippen LogP contribution in [0.5, 0.6) is 0 Å². The van der Waals surface area contributed by atoms with E-state index in [9.17, 15) is 9.59 Å². The molecule has 7 heteroatoms. The van der Waals surface area contributed by atoms with E-state index < -0.39 is 17.8 Å². The van der Waals surface area contributed by atoms with Crippen molar-refractivity contribution < 1.29 is 19.2 Å². The Balaban J connectivity index is 1.83. The molecule has 0 bridgehead atoms. The Morgan fingerprint density at radius 1 is 1.47 bits per heavy atom. The fourth-order valence-corrected chi connectivity index (χ4v) is 2.58. The van der Waals surface area contributed by atoms with Crippen LogP contribution in [0.25, 0.3) is 0 Å². The van der Waals surface area contributed by atoms with Crippen LogP contribution in [-0.4, -0.2) is 33.7 Å². The number of hydrogen-bond donors (Lipinski definition) is 2. The normalized spacial score (nSPS) is 26.3. The van der Waals surface area contributed by atoms with Crippen molar-refractivity contribution in [2.75, 3.05) is 6.54 Å². The second-order valence-electron chi connectivity index (χ2n) is 5.00. The average Bonchev–Trinajstić information content (AvgIpc) is 2.98. The van der Waals surface area contributed by atoms with Crippen molar-refractivity contribution >= 4 is 11.9 Å². The Morgan fingerprint density at radius 3 is 2.84 bits per heavy atom. The lowest BCUT2D eigenvalue weighted by atomic mass is 9.95. The maximum atomic E-state index is 12.0. The zero-order valence-electron chi connectivity index (χ0n) is 10.7. The predicted octanol–water partition coefficient (Wildman–Crippen LogP) is 0.475. The van der Waals surface area contributed by atoms with Gasteiger partial charge in [-0.25, -0.2) is 0 Å². The van der Waals surface area contributed by atoms with Crippen LogP contribution in [-0.2, 0) is 16.0 Å². The maximum absolute atomic E-state index is 12.0. The number of nitrogens with one attached hydrogen (secondary N) is 1. The number of aliphatic carboxylic acids is 1. The fraction of sp³-hybridized carbons (Fsp3) is 0.667. The van der Waals surface area contributed by atoms with Crippen molar-refractivity contribution in [3.05, 3.63) is 12.2 Å². The van der Waals surface area contributed by atoms with Gasteiger partial charge in [0.2, 0.25) is 11.8 Å². The van der Waals surface area contributed by atoms with Gasteiger partial charge in [-0.2, -0.15) is 4.98 Å². The third kappa shape index (κ3) is 3.30. The van der Waals surface area contributed by atoms with Crippen molar-refractivity contribution in [2.45, 2.75) is 26.2 Å². The first-order valence-corrected chi connectivity index (χ1v) is 6.34. The second kappa shape index (κ2) is 5.81. The molecule has 3 atom stereocenters. The van der Waals surface area contributed by atoms with Gasteiger partial charge in [-0.3, -0.25) is 9.59 Å². The lowest BCUT2D eigenvalue weighted by molar-refractivity contribution is -0.146. The van der Waals surface area contributed by atoms with Gasteiger partial charge in [-0.05, 0) is 18.8 Å². The summed E-state index contributed by atoms with van der Waals surface area (Å²) in [5, 5.41) is 15.3. The van der Waals surface area contributed by atoms with Gasteiger partial charge in [0.15, 0.2) is 6.33 Å². The SMILES string of the molecule is CC1CC(C(=O)O)C(C(=O)NCCc2ncno2)C1. The minimum atomic E-state index is -0.888. The van der Waals surface area contributed by atoms with Crippen LogP contribution in [0.15, 0.2) is 10.9 Å². The number of hydrogen-bond acceptors (Lipinski definition) is 5. The fourth-order valence-electron chi connectivity index (χ4n) is 2.58. The lowest BCUT2D eigenvalue weighted by Crippen LogP contribution is -2.36. The molecule has 0 saturated heterocycles. The summed E-state index contributed by atoms with van der Waals surface area (Å²) in [4.78, 5) is 26.9. The Morgan fingerprint density at radius 2 is 2.21 bits per heavy atom. The summed E-state index contributed by atoms with van der Waals surface area (Å²) in [5.41, 5.74) is 0. The van der Waals surface area contributed by atoms with E-state index in [-0.39, 0.29) is 11.8 Å². The summed E-state index contributed by atoms with van der Waals surface area (Å²) < 4.78 is 4.81. The molecule has 0 spiro atoms. The van der Waals surface area contributed by atoms with E-state index in [4.69, 9.17) is 9.63 Å². The topological polar surface area (TPSA) is 105 Å². The minimum Gasteiger partial charge on any atom is -0.481 e. The van der Waals surface area contributed by atoms with Crippen LogP contribution >= 0.6 is 0 Å². The molecule has 0 aromatic carbocycles. The molecular weight excluding hydrogens is 250 g/mol. The molecule has 1 aliphatic rings. The largest absolute Gasteiger partial charge is 0.481 e. The summed E-state index contributed by atoms with van der Waals surface area (Å²) >= 11 is 0. The van der Waals surface area contributed by atoms with Crippen LogP contribution in [0.1, 0.15) is 25.7 Å². The molecule has 1 amide bonds. The molecule has 1 aliphatic carbocycles. The van der Waals surface area contributed by atoms with Gasteiger partial charge in [0.25, 0.3) is 0 Å². The maximum Gasteiger partial charge on any atom is 0.307 e. The van der Waals surface area contributed by atoms with E-state index in [0.29, 0.717) is 31.7 Å². The van der Waals surface area contributed by atoms with E-state index in [1.54, 1.807) is 0 Å². The summed E-state index contributed by atoms with van der Waals surface area (Å²) in [6, 6.07) is 0. The summed E-state index contributed by atoms with van der Waals surface area (Å²) in [7, 11) is 0. The standard InChI is InChI=1S/C12H17N3O4/c1-7-4-8(9(5-7)12(17)18)11(16)13-3-2-10-14-6-15-19-10/h6-9H,2-5H2,1H3,(H,13,16)(H,17,18). The van der Waals surface area contributed by atoms with E-state index in [0.717, 1.165) is 0 Å². The highest BCUT2D eigenvalue weighted by molar-refractivity contribution is 5.85. The Hall–Kier alpha value is -1.92. The van der Waals surface area contributed by atoms with Crippen molar-refractivity contribution in [3.63, 3.8) is 0 Å². The molecule has 2 N–H and O–H groups in total. The monoisotopic (exact) mass is 267 g/mol. The molecule has 1 aromatic rings. The second-order valence-corrected chi connectivity index (χ2v) is 5.00. The number of aromatic nitrogens is 2. The van der Waals surface area contributed by atoms with Gasteiger partial charge in [0.05, 0.1) is 11.8 Å². The molecule has 0 aliphatic heterocycles. The molecule has 1 saturated carbocycles. The van der Waals surface area contributed by atoms with Crippen molar-refractivity contribution in [1.82, 2.24) is 15.5 Å².